The van der Waals surface area contributed by atoms with Crippen LogP contribution in [0.2, 0.25) is 0 Å². The molecule has 2 aromatic rings. The van der Waals surface area contributed by atoms with Crippen LogP contribution in [-0.4, -0.2) is 10.7 Å². The molecule has 0 unspecified atom stereocenters. The van der Waals surface area contributed by atoms with Crippen molar-refractivity contribution in [1.82, 2.24) is 4.98 Å². The summed E-state index contributed by atoms with van der Waals surface area (Å²) in [6.45, 7) is 13.0. The number of nitrogens with zero attached hydrogens (tertiary/aromatic N) is 2. The molecule has 0 aliphatic heterocycles. The van der Waals surface area contributed by atoms with Crippen molar-refractivity contribution >= 4 is 11.5 Å². The highest BCUT2D eigenvalue weighted by Crippen LogP contribution is 2.32. The Kier molecular flexibility index (Phi) is 6.30. The molecule has 128 valence electrons. The summed E-state index contributed by atoms with van der Waals surface area (Å²) < 4.78 is 0. The van der Waals surface area contributed by atoms with E-state index in [2.05, 4.69) is 70.8 Å². The summed E-state index contributed by atoms with van der Waals surface area (Å²) in [5.74, 6) is 1.58. The molecular weight excluding hydrogens is 292 g/mol. The van der Waals surface area contributed by atoms with E-state index >= 15 is 0 Å². The fourth-order valence-electron chi connectivity index (χ4n) is 3.31. The van der Waals surface area contributed by atoms with Gasteiger partial charge in [-0.2, -0.15) is 0 Å². The normalized spacial score (nSPS) is 12.0. The van der Waals surface area contributed by atoms with Crippen molar-refractivity contribution in [3.05, 3.63) is 47.2 Å². The summed E-state index contributed by atoms with van der Waals surface area (Å²) in [4.78, 5) is 9.45. The summed E-state index contributed by atoms with van der Waals surface area (Å²) in [5, 5.41) is 0. The van der Waals surface area contributed by atoms with E-state index < -0.39 is 0 Å². The zero-order chi connectivity index (χ0) is 17.7. The van der Waals surface area contributed by atoms with E-state index in [1.165, 1.54) is 46.4 Å². The van der Waals surface area contributed by atoms with Crippen LogP contribution in [-0.2, 0) is 0 Å². The fourth-order valence-corrected chi connectivity index (χ4v) is 3.31. The molecular formula is C22H30N2. The maximum atomic E-state index is 4.85. The molecule has 0 bridgehead atoms. The monoisotopic (exact) mass is 322 g/mol. The molecule has 0 aliphatic carbocycles. The van der Waals surface area contributed by atoms with Crippen molar-refractivity contribution in [1.29, 1.82) is 0 Å². The van der Waals surface area contributed by atoms with E-state index in [1.807, 2.05) is 6.20 Å². The summed E-state index contributed by atoms with van der Waals surface area (Å²) in [5.41, 5.74) is 7.35. The Morgan fingerprint density at radius 1 is 1.12 bits per heavy atom. The van der Waals surface area contributed by atoms with Crippen LogP contribution in [0, 0.1) is 26.7 Å². The van der Waals surface area contributed by atoms with E-state index in [1.54, 1.807) is 0 Å². The van der Waals surface area contributed by atoms with Gasteiger partial charge in [-0.25, -0.2) is 9.98 Å². The minimum atomic E-state index is 0.718. The highest BCUT2D eigenvalue weighted by atomic mass is 14.9. The van der Waals surface area contributed by atoms with E-state index in [-0.39, 0.29) is 0 Å². The minimum Gasteiger partial charge on any atom is -0.238 e. The SMILES string of the molecule is CCC(CC)CC(C)=Nc1ncc(C)c(-c2cccc(C)c2)c1C. The van der Waals surface area contributed by atoms with Crippen LogP contribution in [0.5, 0.6) is 0 Å². The standard InChI is InChI=1S/C22H30N2/c1-7-19(8-2)13-17(5)24-22-18(6)21(16(4)14-23-22)20-11-9-10-15(3)12-20/h9-12,14,19H,7-8,13H2,1-6H3. The summed E-state index contributed by atoms with van der Waals surface area (Å²) in [7, 11) is 0. The molecule has 0 spiro atoms. The van der Waals surface area contributed by atoms with Crippen molar-refractivity contribution < 1.29 is 0 Å². The first-order valence-corrected chi connectivity index (χ1v) is 9.03. The minimum absolute atomic E-state index is 0.718. The molecule has 0 amide bonds. The van der Waals surface area contributed by atoms with Gasteiger partial charge < -0.3 is 0 Å². The summed E-state index contributed by atoms with van der Waals surface area (Å²) in [6, 6.07) is 8.66. The summed E-state index contributed by atoms with van der Waals surface area (Å²) in [6.07, 6.45) is 5.42. The van der Waals surface area contributed by atoms with E-state index in [4.69, 9.17) is 4.99 Å². The van der Waals surface area contributed by atoms with Gasteiger partial charge >= 0.3 is 0 Å². The van der Waals surface area contributed by atoms with Gasteiger partial charge in [-0.1, -0.05) is 56.5 Å². The van der Waals surface area contributed by atoms with Crippen molar-refractivity contribution in [3.63, 3.8) is 0 Å². The Balaban J connectivity index is 2.42. The Hall–Kier alpha value is -1.96. The molecule has 1 aromatic carbocycles. The lowest BCUT2D eigenvalue weighted by atomic mass is 9.95. The third kappa shape index (κ3) is 4.31. The predicted molar refractivity (Wildman–Crippen MR) is 105 cm³/mol. The Bertz CT molecular complexity index is 725. The van der Waals surface area contributed by atoms with E-state index in [0.717, 1.165) is 18.2 Å². The topological polar surface area (TPSA) is 25.2 Å². The van der Waals surface area contributed by atoms with Crippen LogP contribution in [0.25, 0.3) is 11.1 Å². The van der Waals surface area contributed by atoms with Gasteiger partial charge in [0, 0.05) is 17.5 Å². The molecule has 2 nitrogen and oxygen atoms in total. The molecule has 0 aliphatic rings. The Morgan fingerprint density at radius 3 is 2.46 bits per heavy atom. The van der Waals surface area contributed by atoms with Gasteiger partial charge in [-0.15, -0.1) is 0 Å². The van der Waals surface area contributed by atoms with Gasteiger partial charge in [0.2, 0.25) is 0 Å². The van der Waals surface area contributed by atoms with Gasteiger partial charge in [0.1, 0.15) is 0 Å². The lowest BCUT2D eigenvalue weighted by molar-refractivity contribution is 0.511. The Labute approximate surface area is 147 Å². The van der Waals surface area contributed by atoms with Crippen LogP contribution < -0.4 is 0 Å². The van der Waals surface area contributed by atoms with Crippen molar-refractivity contribution in [2.75, 3.05) is 0 Å². The molecule has 2 rings (SSSR count). The second-order valence-electron chi connectivity index (χ2n) is 6.87. The molecule has 1 heterocycles. The van der Waals surface area contributed by atoms with Crippen molar-refractivity contribution in [2.45, 2.75) is 60.8 Å². The largest absolute Gasteiger partial charge is 0.238 e. The lowest BCUT2D eigenvalue weighted by Gasteiger charge is -2.14. The number of pyridine rings is 1. The molecule has 0 atom stereocenters. The number of rotatable bonds is 6. The number of benzene rings is 1. The van der Waals surface area contributed by atoms with E-state index in [9.17, 15) is 0 Å². The van der Waals surface area contributed by atoms with Gasteiger partial charge in [0.25, 0.3) is 0 Å². The number of hydrogen-bond donors (Lipinski definition) is 0. The quantitative estimate of drug-likeness (QED) is 0.550. The van der Waals surface area contributed by atoms with Crippen LogP contribution in [0.1, 0.15) is 56.7 Å². The first-order valence-electron chi connectivity index (χ1n) is 9.03. The molecule has 1 aromatic heterocycles. The first kappa shape index (κ1) is 18.4. The second-order valence-corrected chi connectivity index (χ2v) is 6.87. The molecule has 2 heteroatoms. The van der Waals surface area contributed by atoms with Crippen LogP contribution in [0.4, 0.5) is 5.82 Å². The summed E-state index contributed by atoms with van der Waals surface area (Å²) >= 11 is 0. The maximum absolute atomic E-state index is 4.85. The van der Waals surface area contributed by atoms with Crippen molar-refractivity contribution in [3.8, 4) is 11.1 Å². The van der Waals surface area contributed by atoms with Crippen molar-refractivity contribution in [2.24, 2.45) is 10.9 Å². The molecule has 0 fully saturated rings. The van der Waals surface area contributed by atoms with Crippen LogP contribution in [0.15, 0.2) is 35.5 Å². The highest BCUT2D eigenvalue weighted by Gasteiger charge is 2.12. The third-order valence-corrected chi connectivity index (χ3v) is 4.83. The molecule has 0 saturated heterocycles. The van der Waals surface area contributed by atoms with Crippen LogP contribution in [0.3, 0.4) is 0 Å². The second kappa shape index (κ2) is 8.23. The average molecular weight is 322 g/mol. The highest BCUT2D eigenvalue weighted by molar-refractivity contribution is 5.85. The maximum Gasteiger partial charge on any atom is 0.155 e. The zero-order valence-corrected chi connectivity index (χ0v) is 16.0. The van der Waals surface area contributed by atoms with Gasteiger partial charge in [-0.05, 0) is 56.7 Å². The predicted octanol–water partition coefficient (Wildman–Crippen LogP) is 6.59. The van der Waals surface area contributed by atoms with Gasteiger partial charge in [0.15, 0.2) is 5.82 Å². The van der Waals surface area contributed by atoms with Gasteiger partial charge in [0.05, 0.1) is 0 Å². The molecule has 0 radical (unpaired) electrons. The zero-order valence-electron chi connectivity index (χ0n) is 16.0. The smallest absolute Gasteiger partial charge is 0.155 e. The molecule has 24 heavy (non-hydrogen) atoms. The molecule has 0 N–H and O–H groups in total. The van der Waals surface area contributed by atoms with E-state index in [0.29, 0.717) is 0 Å². The van der Waals surface area contributed by atoms with Gasteiger partial charge in [-0.3, -0.25) is 0 Å². The fraction of sp³-hybridized carbons (Fsp3) is 0.455. The van der Waals surface area contributed by atoms with Crippen LogP contribution >= 0.6 is 0 Å². The first-order chi connectivity index (χ1) is 11.5. The number of aromatic nitrogens is 1. The number of hydrogen-bond acceptors (Lipinski definition) is 2. The third-order valence-electron chi connectivity index (χ3n) is 4.83. The molecule has 0 saturated carbocycles. The lowest BCUT2D eigenvalue weighted by Crippen LogP contribution is -2.04. The number of aliphatic imine (C=N–C) groups is 1. The average Bonchev–Trinajstić information content (AvgIpc) is 2.55. The number of aryl methyl sites for hydroxylation is 2. The Morgan fingerprint density at radius 2 is 1.83 bits per heavy atom.